The molecule has 0 bridgehead atoms. The van der Waals surface area contributed by atoms with Gasteiger partial charge in [-0.2, -0.15) is 0 Å². The number of hydrogen-bond acceptors (Lipinski definition) is 1. The fraction of sp³-hybridized carbons (Fsp3) is 0.143. The van der Waals surface area contributed by atoms with Gasteiger partial charge in [0.15, 0.2) is 0 Å². The molecule has 2 aromatic carbocycles. The lowest BCUT2D eigenvalue weighted by Crippen LogP contribution is -2.02. The molecule has 0 atom stereocenters. The molecule has 5 heteroatoms. The summed E-state index contributed by atoms with van der Waals surface area (Å²) >= 11 is 6.47. The number of anilines is 1. The second kappa shape index (κ2) is 6.01. The largest absolute Gasteiger partial charge is 0.379 e. The van der Waals surface area contributed by atoms with E-state index in [0.29, 0.717) is 6.54 Å². The van der Waals surface area contributed by atoms with Crippen LogP contribution in [0.1, 0.15) is 11.1 Å². The van der Waals surface area contributed by atoms with Crippen LogP contribution in [0.3, 0.4) is 0 Å². The van der Waals surface area contributed by atoms with E-state index in [1.807, 2.05) is 25.1 Å². The summed E-state index contributed by atoms with van der Waals surface area (Å²) in [6.45, 7) is 2.46. The average molecular weight is 391 g/mol. The number of rotatable bonds is 3. The van der Waals surface area contributed by atoms with Gasteiger partial charge in [0.05, 0.1) is 10.2 Å². The van der Waals surface area contributed by atoms with Gasteiger partial charge < -0.3 is 5.32 Å². The maximum absolute atomic E-state index is 13.5. The molecule has 2 rings (SSSR count). The molecule has 2 aromatic rings. The Morgan fingerprint density at radius 1 is 1.00 bits per heavy atom. The van der Waals surface area contributed by atoms with Crippen molar-refractivity contribution in [3.8, 4) is 0 Å². The Bertz CT molecular complexity index is 615. The van der Waals surface area contributed by atoms with Crippen molar-refractivity contribution in [3.63, 3.8) is 0 Å². The first kappa shape index (κ1) is 14.5. The van der Waals surface area contributed by atoms with Crippen LogP contribution in [0.2, 0.25) is 0 Å². The highest BCUT2D eigenvalue weighted by molar-refractivity contribution is 9.10. The van der Waals surface area contributed by atoms with E-state index in [9.17, 15) is 8.78 Å². The number of halogens is 4. The summed E-state index contributed by atoms with van der Waals surface area (Å²) in [5.74, 6) is -1.21. The van der Waals surface area contributed by atoms with E-state index >= 15 is 0 Å². The monoisotopic (exact) mass is 389 g/mol. The van der Waals surface area contributed by atoms with Gasteiger partial charge in [-0.25, -0.2) is 8.78 Å². The van der Waals surface area contributed by atoms with Gasteiger partial charge in [-0.3, -0.25) is 0 Å². The van der Waals surface area contributed by atoms with Gasteiger partial charge in [0.2, 0.25) is 0 Å². The van der Waals surface area contributed by atoms with Crippen LogP contribution in [-0.2, 0) is 6.54 Å². The molecule has 1 N–H and O–H groups in total. The molecule has 0 aliphatic carbocycles. The minimum absolute atomic E-state index is 0.239. The van der Waals surface area contributed by atoms with E-state index in [1.54, 1.807) is 0 Å². The van der Waals surface area contributed by atoms with Gasteiger partial charge in [0.25, 0.3) is 0 Å². The zero-order chi connectivity index (χ0) is 14.0. The second-order valence-corrected chi connectivity index (χ2v) is 5.89. The summed E-state index contributed by atoms with van der Waals surface area (Å²) in [7, 11) is 0. The smallest absolute Gasteiger partial charge is 0.149 e. The van der Waals surface area contributed by atoms with Gasteiger partial charge in [0, 0.05) is 17.1 Å². The Morgan fingerprint density at radius 2 is 1.74 bits per heavy atom. The first-order chi connectivity index (χ1) is 8.97. The van der Waals surface area contributed by atoms with Crippen LogP contribution in [0.5, 0.6) is 0 Å². The van der Waals surface area contributed by atoms with E-state index < -0.39 is 11.6 Å². The Morgan fingerprint density at radius 3 is 2.42 bits per heavy atom. The molecule has 0 spiro atoms. The van der Waals surface area contributed by atoms with Crippen molar-refractivity contribution in [1.29, 1.82) is 0 Å². The van der Waals surface area contributed by atoms with Crippen LogP contribution in [0.4, 0.5) is 14.5 Å². The normalized spacial score (nSPS) is 10.6. The van der Waals surface area contributed by atoms with Gasteiger partial charge in [-0.05, 0) is 46.1 Å². The molecule has 0 amide bonds. The number of nitrogens with one attached hydrogen (secondary N) is 1. The molecule has 19 heavy (non-hydrogen) atoms. The van der Waals surface area contributed by atoms with Crippen LogP contribution in [0.15, 0.2) is 39.3 Å². The van der Waals surface area contributed by atoms with Crippen molar-refractivity contribution >= 4 is 37.5 Å². The minimum atomic E-state index is -0.609. The van der Waals surface area contributed by atoms with E-state index in [-0.39, 0.29) is 10.2 Å². The summed E-state index contributed by atoms with van der Waals surface area (Å²) in [5, 5.41) is 2.96. The van der Waals surface area contributed by atoms with Crippen molar-refractivity contribution in [3.05, 3.63) is 62.0 Å². The number of hydrogen-bond donors (Lipinski definition) is 1. The molecule has 0 aromatic heterocycles. The van der Waals surface area contributed by atoms with Gasteiger partial charge in [-0.1, -0.05) is 28.1 Å². The lowest BCUT2D eigenvalue weighted by Gasteiger charge is -2.10. The Balaban J connectivity index is 2.14. The maximum Gasteiger partial charge on any atom is 0.149 e. The summed E-state index contributed by atoms with van der Waals surface area (Å²) < 4.78 is 27.9. The van der Waals surface area contributed by atoms with Crippen molar-refractivity contribution in [2.45, 2.75) is 13.5 Å². The van der Waals surface area contributed by atoms with Gasteiger partial charge in [0.1, 0.15) is 11.6 Å². The summed E-state index contributed by atoms with van der Waals surface area (Å²) in [4.78, 5) is 0. The average Bonchev–Trinajstić information content (AvgIpc) is 2.36. The second-order valence-electron chi connectivity index (χ2n) is 4.18. The fourth-order valence-electron chi connectivity index (χ4n) is 1.67. The lowest BCUT2D eigenvalue weighted by molar-refractivity contribution is 0.580. The summed E-state index contributed by atoms with van der Waals surface area (Å²) in [6.07, 6.45) is 0. The molecule has 0 saturated carbocycles. The van der Waals surface area contributed by atoms with E-state index in [4.69, 9.17) is 0 Å². The topological polar surface area (TPSA) is 12.0 Å². The fourth-order valence-corrected chi connectivity index (χ4v) is 2.26. The lowest BCUT2D eigenvalue weighted by atomic mass is 10.1. The van der Waals surface area contributed by atoms with Crippen LogP contribution < -0.4 is 5.32 Å². The summed E-state index contributed by atoms with van der Waals surface area (Å²) in [6, 6.07) is 8.16. The molecule has 0 aliphatic rings. The van der Waals surface area contributed by atoms with Gasteiger partial charge >= 0.3 is 0 Å². The first-order valence-corrected chi connectivity index (χ1v) is 7.19. The van der Waals surface area contributed by atoms with Gasteiger partial charge in [-0.15, -0.1) is 0 Å². The maximum atomic E-state index is 13.5. The number of benzene rings is 2. The highest BCUT2D eigenvalue weighted by Crippen LogP contribution is 2.24. The Hall–Kier alpha value is -0.940. The molecule has 0 radical (unpaired) electrons. The molecule has 0 fully saturated rings. The first-order valence-electron chi connectivity index (χ1n) is 5.61. The third kappa shape index (κ3) is 3.54. The van der Waals surface area contributed by atoms with Crippen LogP contribution in [-0.4, -0.2) is 0 Å². The molecule has 100 valence electrons. The van der Waals surface area contributed by atoms with E-state index in [0.717, 1.165) is 21.7 Å². The predicted molar refractivity (Wildman–Crippen MR) is 80.3 cm³/mol. The van der Waals surface area contributed by atoms with Crippen molar-refractivity contribution < 1.29 is 8.78 Å². The zero-order valence-electron chi connectivity index (χ0n) is 10.1. The molecule has 1 nitrogen and oxygen atoms in total. The molecular formula is C14H11Br2F2N. The standard InChI is InChI=1S/C14H11Br2F2N/c1-8-4-9(2-3-10(8)15)7-19-14-5-11(16)12(17)6-13(14)18/h2-6,19H,7H2,1H3. The third-order valence-electron chi connectivity index (χ3n) is 2.72. The quantitative estimate of drug-likeness (QED) is 0.691. The van der Waals surface area contributed by atoms with Crippen LogP contribution >= 0.6 is 31.9 Å². The Kier molecular flexibility index (Phi) is 4.58. The third-order valence-corrected chi connectivity index (χ3v) is 4.21. The molecule has 0 saturated heterocycles. The van der Waals surface area contributed by atoms with Crippen LogP contribution in [0.25, 0.3) is 0 Å². The molecule has 0 aliphatic heterocycles. The SMILES string of the molecule is Cc1cc(CNc2cc(Br)c(F)cc2F)ccc1Br. The molecule has 0 heterocycles. The van der Waals surface area contributed by atoms with E-state index in [2.05, 4.69) is 37.2 Å². The molecule has 0 unspecified atom stereocenters. The molecular weight excluding hydrogens is 380 g/mol. The number of aryl methyl sites for hydroxylation is 1. The van der Waals surface area contributed by atoms with Crippen molar-refractivity contribution in [1.82, 2.24) is 0 Å². The highest BCUT2D eigenvalue weighted by Gasteiger charge is 2.08. The van der Waals surface area contributed by atoms with Crippen molar-refractivity contribution in [2.24, 2.45) is 0 Å². The zero-order valence-corrected chi connectivity index (χ0v) is 13.3. The van der Waals surface area contributed by atoms with Crippen molar-refractivity contribution in [2.75, 3.05) is 5.32 Å². The Labute approximate surface area is 127 Å². The summed E-state index contributed by atoms with van der Waals surface area (Å²) in [5.41, 5.74) is 2.41. The van der Waals surface area contributed by atoms with Crippen LogP contribution in [0, 0.1) is 18.6 Å². The predicted octanol–water partition coefficient (Wildman–Crippen LogP) is 5.41. The minimum Gasteiger partial charge on any atom is -0.379 e. The highest BCUT2D eigenvalue weighted by atomic mass is 79.9. The van der Waals surface area contributed by atoms with E-state index in [1.165, 1.54) is 6.07 Å².